The lowest BCUT2D eigenvalue weighted by molar-refractivity contribution is 0.414. The van der Waals surface area contributed by atoms with Gasteiger partial charge in [-0.05, 0) is 30.7 Å². The van der Waals surface area contributed by atoms with Gasteiger partial charge in [0.2, 0.25) is 0 Å². The highest BCUT2D eigenvalue weighted by molar-refractivity contribution is 7.18. The van der Waals surface area contributed by atoms with Crippen molar-refractivity contribution in [2.24, 2.45) is 0 Å². The van der Waals surface area contributed by atoms with Crippen molar-refractivity contribution >= 4 is 33.2 Å². The van der Waals surface area contributed by atoms with Gasteiger partial charge in [-0.3, -0.25) is 0 Å². The maximum absolute atomic E-state index is 6.23. The van der Waals surface area contributed by atoms with Gasteiger partial charge in [-0.15, -0.1) is 11.3 Å². The Morgan fingerprint density at radius 1 is 1.25 bits per heavy atom. The van der Waals surface area contributed by atoms with Gasteiger partial charge in [0.25, 0.3) is 0 Å². The molecule has 2 aromatic heterocycles. The molecule has 0 unspecified atom stereocenters. The minimum absolute atomic E-state index is 0.525. The average Bonchev–Trinajstić information content (AvgIpc) is 2.80. The molecule has 0 atom stereocenters. The van der Waals surface area contributed by atoms with Crippen molar-refractivity contribution in [3.05, 3.63) is 51.7 Å². The molecule has 20 heavy (non-hydrogen) atoms. The Morgan fingerprint density at radius 3 is 2.90 bits per heavy atom. The van der Waals surface area contributed by atoms with Crippen LogP contribution in [0, 0.1) is 6.92 Å². The van der Waals surface area contributed by atoms with E-state index in [4.69, 9.17) is 16.3 Å². The van der Waals surface area contributed by atoms with Crippen LogP contribution in [-0.2, 0) is 6.42 Å². The molecule has 0 saturated carbocycles. The molecule has 0 aliphatic carbocycles. The summed E-state index contributed by atoms with van der Waals surface area (Å²) < 4.78 is 5.23. The molecule has 5 heteroatoms. The Bertz CT molecular complexity index is 770. The summed E-state index contributed by atoms with van der Waals surface area (Å²) in [4.78, 5) is 11.1. The normalized spacial score (nSPS) is 10.9. The second-order valence-electron chi connectivity index (χ2n) is 4.53. The van der Waals surface area contributed by atoms with Gasteiger partial charge in [0, 0.05) is 16.7 Å². The van der Waals surface area contributed by atoms with Gasteiger partial charge in [0.05, 0.1) is 7.11 Å². The van der Waals surface area contributed by atoms with Crippen LogP contribution in [0.25, 0.3) is 10.2 Å². The van der Waals surface area contributed by atoms with E-state index in [9.17, 15) is 0 Å². The van der Waals surface area contributed by atoms with Crippen molar-refractivity contribution in [3.8, 4) is 5.75 Å². The monoisotopic (exact) mass is 304 g/mol. The summed E-state index contributed by atoms with van der Waals surface area (Å²) in [5, 5.41) is 1.46. The first kappa shape index (κ1) is 13.3. The summed E-state index contributed by atoms with van der Waals surface area (Å²) in [7, 11) is 1.66. The number of aryl methyl sites for hydroxylation is 1. The number of benzene rings is 1. The Labute approximate surface area is 126 Å². The fraction of sp³-hybridized carbons (Fsp3) is 0.200. The molecule has 0 aliphatic heterocycles. The predicted molar refractivity (Wildman–Crippen MR) is 83.0 cm³/mol. The number of ether oxygens (including phenoxy) is 1. The molecule has 1 aromatic carbocycles. The number of thiophene rings is 1. The van der Waals surface area contributed by atoms with E-state index in [1.165, 1.54) is 4.88 Å². The highest BCUT2D eigenvalue weighted by Gasteiger charge is 2.09. The van der Waals surface area contributed by atoms with Crippen molar-refractivity contribution in [3.63, 3.8) is 0 Å². The zero-order valence-electron chi connectivity index (χ0n) is 11.2. The fourth-order valence-corrected chi connectivity index (χ4v) is 3.29. The maximum atomic E-state index is 6.23. The van der Waals surface area contributed by atoms with Crippen molar-refractivity contribution < 1.29 is 4.74 Å². The molecule has 3 nitrogen and oxygen atoms in total. The topological polar surface area (TPSA) is 35.0 Å². The molecule has 2 heterocycles. The zero-order chi connectivity index (χ0) is 14.1. The van der Waals surface area contributed by atoms with Gasteiger partial charge in [-0.2, -0.15) is 0 Å². The largest absolute Gasteiger partial charge is 0.497 e. The van der Waals surface area contributed by atoms with Crippen LogP contribution in [0.15, 0.2) is 30.3 Å². The number of halogens is 1. The summed E-state index contributed by atoms with van der Waals surface area (Å²) in [6.07, 6.45) is 0.643. The van der Waals surface area contributed by atoms with E-state index in [0.29, 0.717) is 11.6 Å². The Kier molecular flexibility index (Phi) is 3.59. The SMILES string of the molecule is COc1cccc(Cc2nc(Cl)c3cc(C)sc3n2)c1. The minimum Gasteiger partial charge on any atom is -0.497 e. The molecular formula is C15H13ClN2OS. The van der Waals surface area contributed by atoms with Gasteiger partial charge in [-0.25, -0.2) is 9.97 Å². The lowest BCUT2D eigenvalue weighted by Gasteiger charge is -2.04. The lowest BCUT2D eigenvalue weighted by atomic mass is 10.1. The summed E-state index contributed by atoms with van der Waals surface area (Å²) >= 11 is 7.87. The van der Waals surface area contributed by atoms with E-state index in [2.05, 4.69) is 9.97 Å². The number of aromatic nitrogens is 2. The van der Waals surface area contributed by atoms with E-state index >= 15 is 0 Å². The van der Waals surface area contributed by atoms with Crippen LogP contribution in [0.5, 0.6) is 5.75 Å². The molecule has 0 fully saturated rings. The second kappa shape index (κ2) is 5.38. The first-order valence-electron chi connectivity index (χ1n) is 6.21. The summed E-state index contributed by atoms with van der Waals surface area (Å²) in [6, 6.07) is 9.93. The molecule has 3 aromatic rings. The highest BCUT2D eigenvalue weighted by atomic mass is 35.5. The van der Waals surface area contributed by atoms with Crippen LogP contribution < -0.4 is 4.74 Å². The van der Waals surface area contributed by atoms with Crippen molar-refractivity contribution in [2.75, 3.05) is 7.11 Å². The van der Waals surface area contributed by atoms with Gasteiger partial charge < -0.3 is 4.74 Å². The van der Waals surface area contributed by atoms with Gasteiger partial charge in [-0.1, -0.05) is 23.7 Å². The van der Waals surface area contributed by atoms with Gasteiger partial charge in [0.15, 0.2) is 0 Å². The van der Waals surface area contributed by atoms with Crippen LogP contribution in [0.3, 0.4) is 0 Å². The number of rotatable bonds is 3. The molecule has 0 radical (unpaired) electrons. The molecule has 0 amide bonds. The highest BCUT2D eigenvalue weighted by Crippen LogP contribution is 2.28. The Hall–Kier alpha value is -1.65. The molecule has 102 valence electrons. The molecule has 3 rings (SSSR count). The summed E-state index contributed by atoms with van der Waals surface area (Å²) in [5.74, 6) is 1.57. The minimum atomic E-state index is 0.525. The molecule has 0 spiro atoms. The number of methoxy groups -OCH3 is 1. The van der Waals surface area contributed by atoms with Crippen molar-refractivity contribution in [1.29, 1.82) is 0 Å². The first-order valence-corrected chi connectivity index (χ1v) is 7.40. The van der Waals surface area contributed by atoms with Crippen molar-refractivity contribution in [2.45, 2.75) is 13.3 Å². The maximum Gasteiger partial charge on any atom is 0.141 e. The molecule has 0 aliphatic rings. The third kappa shape index (κ3) is 2.62. The number of fused-ring (bicyclic) bond motifs is 1. The third-order valence-corrected chi connectivity index (χ3v) is 4.24. The second-order valence-corrected chi connectivity index (χ2v) is 6.13. The fourth-order valence-electron chi connectivity index (χ4n) is 2.09. The van der Waals surface area contributed by atoms with Crippen LogP contribution in [0.4, 0.5) is 0 Å². The smallest absolute Gasteiger partial charge is 0.141 e. The molecule has 0 bridgehead atoms. The standard InChI is InChI=1S/C15H13ClN2OS/c1-9-6-12-14(16)17-13(18-15(12)20-9)8-10-4-3-5-11(7-10)19-2/h3-7H,8H2,1-2H3. The Balaban J connectivity index is 1.97. The quantitative estimate of drug-likeness (QED) is 0.678. The van der Waals surface area contributed by atoms with Crippen LogP contribution in [0.1, 0.15) is 16.3 Å². The van der Waals surface area contributed by atoms with E-state index in [1.54, 1.807) is 18.4 Å². The molecular weight excluding hydrogens is 292 g/mol. The number of nitrogens with zero attached hydrogens (tertiary/aromatic N) is 2. The third-order valence-electron chi connectivity index (χ3n) is 3.01. The zero-order valence-corrected chi connectivity index (χ0v) is 12.8. The molecule has 0 saturated heterocycles. The van der Waals surface area contributed by atoms with Crippen LogP contribution >= 0.6 is 22.9 Å². The Morgan fingerprint density at radius 2 is 2.10 bits per heavy atom. The summed E-state index contributed by atoms with van der Waals surface area (Å²) in [5.41, 5.74) is 1.10. The van der Waals surface area contributed by atoms with Gasteiger partial charge in [0.1, 0.15) is 21.6 Å². The summed E-state index contributed by atoms with van der Waals surface area (Å²) in [6.45, 7) is 2.05. The van der Waals surface area contributed by atoms with Crippen molar-refractivity contribution in [1.82, 2.24) is 9.97 Å². The number of hydrogen-bond donors (Lipinski definition) is 0. The lowest BCUT2D eigenvalue weighted by Crippen LogP contribution is -1.97. The van der Waals surface area contributed by atoms with Crippen LogP contribution in [-0.4, -0.2) is 17.1 Å². The first-order chi connectivity index (χ1) is 9.65. The molecule has 0 N–H and O–H groups in total. The van der Waals surface area contributed by atoms with E-state index in [1.807, 2.05) is 37.3 Å². The van der Waals surface area contributed by atoms with E-state index in [0.717, 1.165) is 27.4 Å². The van der Waals surface area contributed by atoms with E-state index < -0.39 is 0 Å². The van der Waals surface area contributed by atoms with Crippen LogP contribution in [0.2, 0.25) is 5.15 Å². The van der Waals surface area contributed by atoms with Gasteiger partial charge >= 0.3 is 0 Å². The van der Waals surface area contributed by atoms with E-state index in [-0.39, 0.29) is 0 Å². The number of hydrogen-bond acceptors (Lipinski definition) is 4. The predicted octanol–water partition coefficient (Wildman–Crippen LogP) is 4.25. The average molecular weight is 305 g/mol.